The molecule has 4 rings (SSSR count). The molecule has 0 aliphatic carbocycles. The smallest absolute Gasteiger partial charge is 0.336 e. The van der Waals surface area contributed by atoms with Crippen LogP contribution in [0.4, 0.5) is 5.69 Å². The fourth-order valence-corrected chi connectivity index (χ4v) is 5.06. The maximum absolute atomic E-state index is 13.0. The van der Waals surface area contributed by atoms with Gasteiger partial charge in [0, 0.05) is 5.69 Å². The topological polar surface area (TPSA) is 211 Å². The number of aryl methyl sites for hydroxylation is 2. The van der Waals surface area contributed by atoms with E-state index in [-0.39, 0.29) is 33.4 Å². The molecular weight excluding hydrogens is 584 g/mol. The zero-order valence-electron chi connectivity index (χ0n) is 24.0. The van der Waals surface area contributed by atoms with Gasteiger partial charge in [0.1, 0.15) is 0 Å². The van der Waals surface area contributed by atoms with Gasteiger partial charge in [-0.2, -0.15) is 5.48 Å². The van der Waals surface area contributed by atoms with E-state index in [1.165, 1.54) is 18.2 Å². The molecule has 0 aromatic heterocycles. The van der Waals surface area contributed by atoms with Crippen LogP contribution in [0.5, 0.6) is 0 Å². The van der Waals surface area contributed by atoms with E-state index in [0.29, 0.717) is 28.8 Å². The first-order valence-corrected chi connectivity index (χ1v) is 13.4. The SMILES string of the molecule is Cc1cc(Cc2ccc(C(NO)c3cc(C(=O)O)ccc3C(=O)O)c(C)c2)ccc1NC(=O)c1cc(C(=O)O)ccc1C(=O)O. The Morgan fingerprint density at radius 1 is 0.600 bits per heavy atom. The van der Waals surface area contributed by atoms with Crippen LogP contribution in [0.1, 0.15) is 91.2 Å². The summed E-state index contributed by atoms with van der Waals surface area (Å²) in [5.74, 6) is -5.96. The quantitative estimate of drug-likeness (QED) is 0.112. The van der Waals surface area contributed by atoms with Gasteiger partial charge >= 0.3 is 23.9 Å². The van der Waals surface area contributed by atoms with Crippen molar-refractivity contribution < 1.29 is 49.6 Å². The number of hydrogen-bond acceptors (Lipinski definition) is 7. The van der Waals surface area contributed by atoms with Crippen LogP contribution in [0.25, 0.3) is 0 Å². The van der Waals surface area contributed by atoms with Crippen molar-refractivity contribution in [1.82, 2.24) is 5.48 Å². The highest BCUT2D eigenvalue weighted by molar-refractivity contribution is 6.12. The van der Waals surface area contributed by atoms with Crippen LogP contribution in [0.2, 0.25) is 0 Å². The summed E-state index contributed by atoms with van der Waals surface area (Å²) in [4.78, 5) is 59.3. The van der Waals surface area contributed by atoms with E-state index in [0.717, 1.165) is 29.3 Å². The highest BCUT2D eigenvalue weighted by atomic mass is 16.5. The van der Waals surface area contributed by atoms with E-state index in [1.54, 1.807) is 38.1 Å². The van der Waals surface area contributed by atoms with Crippen LogP contribution in [0, 0.1) is 13.8 Å². The highest BCUT2D eigenvalue weighted by Crippen LogP contribution is 2.30. The molecule has 230 valence electrons. The maximum atomic E-state index is 13.0. The fourth-order valence-electron chi connectivity index (χ4n) is 5.06. The lowest BCUT2D eigenvalue weighted by molar-refractivity contribution is 0.0677. The van der Waals surface area contributed by atoms with Crippen molar-refractivity contribution >= 4 is 35.5 Å². The first-order valence-electron chi connectivity index (χ1n) is 13.4. The van der Waals surface area contributed by atoms with Gasteiger partial charge < -0.3 is 31.0 Å². The van der Waals surface area contributed by atoms with E-state index >= 15 is 0 Å². The Kier molecular flexibility index (Phi) is 9.41. The van der Waals surface area contributed by atoms with Crippen LogP contribution < -0.4 is 10.8 Å². The van der Waals surface area contributed by atoms with Gasteiger partial charge in [-0.1, -0.05) is 30.3 Å². The summed E-state index contributed by atoms with van der Waals surface area (Å²) < 4.78 is 0. The zero-order chi connectivity index (χ0) is 33.0. The second kappa shape index (κ2) is 13.2. The van der Waals surface area contributed by atoms with Gasteiger partial charge in [0.2, 0.25) is 0 Å². The number of amides is 1. The van der Waals surface area contributed by atoms with Gasteiger partial charge in [0.25, 0.3) is 5.91 Å². The molecule has 0 saturated carbocycles. The highest BCUT2D eigenvalue weighted by Gasteiger charge is 2.24. The van der Waals surface area contributed by atoms with Crippen LogP contribution in [-0.4, -0.2) is 55.4 Å². The van der Waals surface area contributed by atoms with E-state index in [2.05, 4.69) is 10.8 Å². The van der Waals surface area contributed by atoms with E-state index < -0.39 is 35.8 Å². The van der Waals surface area contributed by atoms with Crippen molar-refractivity contribution in [2.24, 2.45) is 0 Å². The molecule has 4 aromatic carbocycles. The molecule has 12 heteroatoms. The third-order valence-electron chi connectivity index (χ3n) is 7.30. The van der Waals surface area contributed by atoms with Crippen molar-refractivity contribution in [1.29, 1.82) is 0 Å². The summed E-state index contributed by atoms with van der Waals surface area (Å²) in [7, 11) is 0. The summed E-state index contributed by atoms with van der Waals surface area (Å²) in [6.45, 7) is 3.53. The molecule has 4 aromatic rings. The van der Waals surface area contributed by atoms with Gasteiger partial charge in [-0.05, 0) is 96.1 Å². The monoisotopic (exact) mass is 612 g/mol. The van der Waals surface area contributed by atoms with E-state index in [4.69, 9.17) is 0 Å². The molecule has 0 aliphatic heterocycles. The lowest BCUT2D eigenvalue weighted by Crippen LogP contribution is -2.22. The molecule has 0 saturated heterocycles. The number of aromatic carboxylic acids is 4. The molecule has 0 fully saturated rings. The summed E-state index contributed by atoms with van der Waals surface area (Å²) in [5.41, 5.74) is 5.11. The normalized spacial score (nSPS) is 11.4. The first kappa shape index (κ1) is 32.1. The largest absolute Gasteiger partial charge is 0.478 e. The molecular formula is C33H28N2O10. The number of carbonyl (C=O) groups excluding carboxylic acids is 1. The van der Waals surface area contributed by atoms with Gasteiger partial charge in [-0.25, -0.2) is 19.2 Å². The fraction of sp³-hybridized carbons (Fsp3) is 0.121. The Morgan fingerprint density at radius 2 is 1.16 bits per heavy atom. The lowest BCUT2D eigenvalue weighted by Gasteiger charge is -2.21. The number of benzene rings is 4. The number of carboxylic acids is 4. The minimum Gasteiger partial charge on any atom is -0.478 e. The number of hydrogen-bond donors (Lipinski definition) is 7. The number of hydroxylamine groups is 1. The standard InChI is InChI=1S/C33H28N2O10/c1-16-11-18(3-7-22(16)28(35-45)25-14-20(30(37)38)5-8-23(25)32(41)42)13-19-4-10-27(17(2)12-19)34-29(36)26-15-21(31(39)40)6-9-24(26)33(43)44/h3-12,14-15,28,35,45H,13H2,1-2H3,(H,34,36)(H,37,38)(H,39,40)(H,41,42)(H,43,44). The maximum Gasteiger partial charge on any atom is 0.336 e. The minimum absolute atomic E-state index is 0.0826. The summed E-state index contributed by atoms with van der Waals surface area (Å²) in [6, 6.07) is 16.4. The Hall–Kier alpha value is -5.85. The van der Waals surface area contributed by atoms with Crippen molar-refractivity contribution in [3.8, 4) is 0 Å². The summed E-state index contributed by atoms with van der Waals surface area (Å²) in [5, 5.41) is 50.4. The Morgan fingerprint density at radius 3 is 1.69 bits per heavy atom. The Labute approximate surface area is 256 Å². The van der Waals surface area contributed by atoms with Gasteiger partial charge in [-0.15, -0.1) is 0 Å². The van der Waals surface area contributed by atoms with Gasteiger partial charge in [-0.3, -0.25) is 4.79 Å². The molecule has 0 radical (unpaired) electrons. The molecule has 1 amide bonds. The number of carboxylic acid groups (broad SMARTS) is 4. The summed E-state index contributed by atoms with van der Waals surface area (Å²) >= 11 is 0. The molecule has 0 bridgehead atoms. The predicted molar refractivity (Wildman–Crippen MR) is 161 cm³/mol. The molecule has 0 spiro atoms. The molecule has 45 heavy (non-hydrogen) atoms. The average Bonchev–Trinajstić information content (AvgIpc) is 2.99. The minimum atomic E-state index is -1.37. The van der Waals surface area contributed by atoms with Crippen molar-refractivity contribution in [2.45, 2.75) is 26.3 Å². The van der Waals surface area contributed by atoms with Crippen LogP contribution in [0.15, 0.2) is 72.8 Å². The number of carbonyl (C=O) groups is 5. The van der Waals surface area contributed by atoms with Crippen LogP contribution in [0.3, 0.4) is 0 Å². The summed E-state index contributed by atoms with van der Waals surface area (Å²) in [6.07, 6.45) is 0.464. The molecule has 0 heterocycles. The van der Waals surface area contributed by atoms with Crippen molar-refractivity contribution in [3.05, 3.63) is 134 Å². The molecule has 12 nitrogen and oxygen atoms in total. The third kappa shape index (κ3) is 7.04. The molecule has 1 unspecified atom stereocenters. The second-order valence-corrected chi connectivity index (χ2v) is 10.3. The van der Waals surface area contributed by atoms with E-state index in [9.17, 15) is 49.6 Å². The zero-order valence-corrected chi connectivity index (χ0v) is 24.0. The predicted octanol–water partition coefficient (Wildman–Crippen LogP) is 5.01. The third-order valence-corrected chi connectivity index (χ3v) is 7.30. The van der Waals surface area contributed by atoms with Crippen molar-refractivity contribution in [3.63, 3.8) is 0 Å². The van der Waals surface area contributed by atoms with Crippen LogP contribution >= 0.6 is 0 Å². The number of rotatable bonds is 11. The average molecular weight is 613 g/mol. The Bertz CT molecular complexity index is 1860. The van der Waals surface area contributed by atoms with Gasteiger partial charge in [0.05, 0.1) is 33.9 Å². The number of nitrogens with one attached hydrogen (secondary N) is 2. The molecule has 0 aliphatic rings. The first-order chi connectivity index (χ1) is 21.3. The second-order valence-electron chi connectivity index (χ2n) is 10.3. The van der Waals surface area contributed by atoms with Crippen LogP contribution in [-0.2, 0) is 6.42 Å². The van der Waals surface area contributed by atoms with Crippen molar-refractivity contribution in [2.75, 3.05) is 5.32 Å². The molecule has 1 atom stereocenters. The van der Waals surface area contributed by atoms with E-state index in [1.807, 2.05) is 12.1 Å². The lowest BCUT2D eigenvalue weighted by atomic mass is 9.89. The van der Waals surface area contributed by atoms with Gasteiger partial charge in [0.15, 0.2) is 0 Å². The Balaban J connectivity index is 1.57. The molecule has 7 N–H and O–H groups in total. The number of anilines is 1.